The Hall–Kier alpha value is -1.19. The molecule has 0 amide bonds. The number of aryl methyl sites for hydroxylation is 2. The van der Waals surface area contributed by atoms with E-state index in [0.29, 0.717) is 16.9 Å². The molecule has 0 radical (unpaired) electrons. The largest absolute Gasteiger partial charge is 0.394 e. The average molecular weight is 278 g/mol. The van der Waals surface area contributed by atoms with Crippen LogP contribution in [0.4, 0.5) is 11.5 Å². The summed E-state index contributed by atoms with van der Waals surface area (Å²) in [5, 5.41) is 8.17. The fourth-order valence-electron chi connectivity index (χ4n) is 4.12. The number of nitrogens with two attached hydrogens (primary N) is 1. The second-order valence-electron chi connectivity index (χ2n) is 7.92. The molecule has 0 unspecified atom stereocenters. The molecule has 114 valence electrons. The van der Waals surface area contributed by atoms with E-state index in [1.807, 2.05) is 11.6 Å². The fraction of sp³-hybridized carbons (Fsp3) is 0.812. The molecule has 0 aromatic carbocycles. The van der Waals surface area contributed by atoms with Crippen LogP contribution in [0.5, 0.6) is 0 Å². The lowest BCUT2D eigenvalue weighted by Gasteiger charge is -2.45. The number of anilines is 2. The minimum atomic E-state index is 0.375. The van der Waals surface area contributed by atoms with Gasteiger partial charge in [0.25, 0.3) is 0 Å². The molecule has 1 aromatic heterocycles. The normalized spacial score (nSPS) is 21.9. The van der Waals surface area contributed by atoms with Gasteiger partial charge in [0.2, 0.25) is 0 Å². The minimum absolute atomic E-state index is 0.375. The third-order valence-corrected chi connectivity index (χ3v) is 4.37. The molecule has 0 aliphatic heterocycles. The molecular formula is C16H30N4. The van der Waals surface area contributed by atoms with E-state index < -0.39 is 0 Å². The van der Waals surface area contributed by atoms with Gasteiger partial charge in [-0.1, -0.05) is 27.7 Å². The molecule has 1 aliphatic rings. The lowest BCUT2D eigenvalue weighted by atomic mass is 9.63. The van der Waals surface area contributed by atoms with Gasteiger partial charge in [-0.2, -0.15) is 5.10 Å². The fourth-order valence-corrected chi connectivity index (χ4v) is 4.12. The maximum Gasteiger partial charge on any atom is 0.148 e. The third-order valence-electron chi connectivity index (χ3n) is 4.37. The second-order valence-corrected chi connectivity index (χ2v) is 7.92. The van der Waals surface area contributed by atoms with Crippen LogP contribution in [0.15, 0.2) is 0 Å². The monoisotopic (exact) mass is 278 g/mol. The Labute approximate surface area is 123 Å². The van der Waals surface area contributed by atoms with E-state index in [-0.39, 0.29) is 0 Å². The Kier molecular flexibility index (Phi) is 3.78. The van der Waals surface area contributed by atoms with Gasteiger partial charge in [-0.05, 0) is 43.9 Å². The first kappa shape index (κ1) is 15.2. The molecule has 1 aliphatic carbocycles. The second kappa shape index (κ2) is 4.97. The number of nitrogens with zero attached hydrogens (tertiary/aromatic N) is 2. The van der Waals surface area contributed by atoms with E-state index in [4.69, 9.17) is 5.73 Å². The highest BCUT2D eigenvalue weighted by atomic mass is 15.3. The van der Waals surface area contributed by atoms with Crippen LogP contribution in [-0.4, -0.2) is 15.8 Å². The smallest absolute Gasteiger partial charge is 0.148 e. The quantitative estimate of drug-likeness (QED) is 0.884. The summed E-state index contributed by atoms with van der Waals surface area (Å²) in [7, 11) is 0. The average Bonchev–Trinajstić information content (AvgIpc) is 2.52. The molecule has 1 heterocycles. The first-order chi connectivity index (χ1) is 9.13. The van der Waals surface area contributed by atoms with Crippen LogP contribution in [-0.2, 0) is 6.54 Å². The molecule has 3 N–H and O–H groups in total. The molecule has 4 heteroatoms. The maximum atomic E-state index is 6.19. The Morgan fingerprint density at radius 1 is 1.25 bits per heavy atom. The summed E-state index contributed by atoms with van der Waals surface area (Å²) >= 11 is 0. The van der Waals surface area contributed by atoms with Gasteiger partial charge in [0.1, 0.15) is 5.82 Å². The Balaban J connectivity index is 2.21. The van der Waals surface area contributed by atoms with Crippen LogP contribution < -0.4 is 11.1 Å². The lowest BCUT2D eigenvalue weighted by molar-refractivity contribution is 0.105. The highest BCUT2D eigenvalue weighted by molar-refractivity contribution is 5.65. The van der Waals surface area contributed by atoms with Crippen LogP contribution in [0, 0.1) is 17.8 Å². The summed E-state index contributed by atoms with van der Waals surface area (Å²) in [5.41, 5.74) is 8.66. The van der Waals surface area contributed by atoms with Gasteiger partial charge in [0.15, 0.2) is 0 Å². The van der Waals surface area contributed by atoms with Crippen molar-refractivity contribution in [2.24, 2.45) is 10.8 Å². The van der Waals surface area contributed by atoms with Crippen molar-refractivity contribution < 1.29 is 0 Å². The van der Waals surface area contributed by atoms with Crippen molar-refractivity contribution in [2.75, 3.05) is 11.1 Å². The third kappa shape index (κ3) is 3.10. The summed E-state index contributed by atoms with van der Waals surface area (Å²) in [5.74, 6) is 1.00. The van der Waals surface area contributed by atoms with Crippen molar-refractivity contribution in [1.82, 2.24) is 9.78 Å². The number of nitrogen functional groups attached to an aromatic ring is 1. The highest BCUT2D eigenvalue weighted by Crippen LogP contribution is 2.46. The molecule has 1 fully saturated rings. The SMILES string of the molecule is CCn1nc(C)c(N)c1NC1CC(C)(C)CC(C)(C)C1. The molecule has 4 nitrogen and oxygen atoms in total. The molecule has 2 rings (SSSR count). The number of rotatable bonds is 3. The van der Waals surface area contributed by atoms with Crippen molar-refractivity contribution in [1.29, 1.82) is 0 Å². The number of nitrogens with one attached hydrogen (secondary N) is 1. The Morgan fingerprint density at radius 3 is 2.30 bits per heavy atom. The van der Waals surface area contributed by atoms with Gasteiger partial charge in [-0.15, -0.1) is 0 Å². The number of hydrogen-bond acceptors (Lipinski definition) is 3. The zero-order chi connectivity index (χ0) is 15.1. The predicted octanol–water partition coefficient (Wildman–Crippen LogP) is 3.81. The van der Waals surface area contributed by atoms with E-state index >= 15 is 0 Å². The molecule has 1 aromatic rings. The van der Waals surface area contributed by atoms with Gasteiger partial charge in [-0.25, -0.2) is 4.68 Å². The standard InChI is InChI=1S/C16H30N4/c1-7-20-14(13(17)11(2)19-20)18-12-8-15(3,4)10-16(5,6)9-12/h12,18H,7-10,17H2,1-6H3. The topological polar surface area (TPSA) is 55.9 Å². The summed E-state index contributed by atoms with van der Waals surface area (Å²) in [6, 6.07) is 0.470. The van der Waals surface area contributed by atoms with Gasteiger partial charge >= 0.3 is 0 Å². The van der Waals surface area contributed by atoms with Crippen molar-refractivity contribution in [3.05, 3.63) is 5.69 Å². The van der Waals surface area contributed by atoms with E-state index in [9.17, 15) is 0 Å². The van der Waals surface area contributed by atoms with Crippen LogP contribution in [0.25, 0.3) is 0 Å². The zero-order valence-electron chi connectivity index (χ0n) is 13.9. The molecule has 0 atom stereocenters. The van der Waals surface area contributed by atoms with Crippen molar-refractivity contribution in [3.63, 3.8) is 0 Å². The van der Waals surface area contributed by atoms with Gasteiger partial charge < -0.3 is 11.1 Å². The summed E-state index contributed by atoms with van der Waals surface area (Å²) in [4.78, 5) is 0. The molecule has 0 bridgehead atoms. The molecular weight excluding hydrogens is 248 g/mol. The van der Waals surface area contributed by atoms with Crippen LogP contribution in [0.1, 0.15) is 59.6 Å². The van der Waals surface area contributed by atoms with E-state index in [1.165, 1.54) is 19.3 Å². The van der Waals surface area contributed by atoms with E-state index in [1.54, 1.807) is 0 Å². The Morgan fingerprint density at radius 2 is 1.80 bits per heavy atom. The van der Waals surface area contributed by atoms with Gasteiger partial charge in [0, 0.05) is 12.6 Å². The van der Waals surface area contributed by atoms with E-state index in [2.05, 4.69) is 45.0 Å². The zero-order valence-corrected chi connectivity index (χ0v) is 13.9. The first-order valence-corrected chi connectivity index (χ1v) is 7.73. The summed E-state index contributed by atoms with van der Waals surface area (Å²) in [6.07, 6.45) is 3.65. The summed E-state index contributed by atoms with van der Waals surface area (Å²) < 4.78 is 1.99. The first-order valence-electron chi connectivity index (χ1n) is 7.73. The molecule has 1 saturated carbocycles. The number of aromatic nitrogens is 2. The van der Waals surface area contributed by atoms with Crippen molar-refractivity contribution in [3.8, 4) is 0 Å². The molecule has 0 spiro atoms. The molecule has 0 saturated heterocycles. The Bertz CT molecular complexity index is 469. The summed E-state index contributed by atoms with van der Waals surface area (Å²) in [6.45, 7) is 14.4. The van der Waals surface area contributed by atoms with Crippen molar-refractivity contribution in [2.45, 2.75) is 73.4 Å². The minimum Gasteiger partial charge on any atom is -0.394 e. The highest BCUT2D eigenvalue weighted by Gasteiger charge is 2.38. The van der Waals surface area contributed by atoms with Crippen LogP contribution >= 0.6 is 0 Å². The molecule has 20 heavy (non-hydrogen) atoms. The lowest BCUT2D eigenvalue weighted by Crippen LogP contribution is -2.40. The van der Waals surface area contributed by atoms with Gasteiger partial charge in [-0.3, -0.25) is 0 Å². The predicted molar refractivity (Wildman–Crippen MR) is 85.9 cm³/mol. The number of hydrogen-bond donors (Lipinski definition) is 2. The van der Waals surface area contributed by atoms with E-state index in [0.717, 1.165) is 23.7 Å². The maximum absolute atomic E-state index is 6.19. The van der Waals surface area contributed by atoms with Gasteiger partial charge in [0.05, 0.1) is 11.4 Å². The van der Waals surface area contributed by atoms with Crippen LogP contribution in [0.3, 0.4) is 0 Å². The van der Waals surface area contributed by atoms with Crippen molar-refractivity contribution >= 4 is 11.5 Å². The van der Waals surface area contributed by atoms with Crippen LogP contribution in [0.2, 0.25) is 0 Å².